The maximum atomic E-state index is 12.9. The predicted molar refractivity (Wildman–Crippen MR) is 132 cm³/mol. The van der Waals surface area contributed by atoms with Gasteiger partial charge in [-0.05, 0) is 59.9 Å². The number of Topliss-reactive ketones (excluding diaryl/α,β-unsaturated/α-hetero) is 1. The van der Waals surface area contributed by atoms with Gasteiger partial charge in [-0.1, -0.05) is 37.6 Å². The number of hydrogen-bond acceptors (Lipinski definition) is 4. The molecule has 8 heteroatoms. The molecule has 1 unspecified atom stereocenters. The number of nitrogens with one attached hydrogen (secondary N) is 2. The molecular weight excluding hydrogens is 458 g/mol. The first kappa shape index (κ1) is 23.5. The quantitative estimate of drug-likeness (QED) is 0.526. The van der Waals surface area contributed by atoms with Gasteiger partial charge in [-0.15, -0.1) is 11.3 Å². The molecular formula is C25H28ClN3O3S. The largest absolute Gasteiger partial charge is 0.334 e. The van der Waals surface area contributed by atoms with Crippen molar-refractivity contribution in [2.45, 2.75) is 65.1 Å². The molecule has 0 bridgehead atoms. The van der Waals surface area contributed by atoms with Crippen molar-refractivity contribution >= 4 is 46.3 Å². The van der Waals surface area contributed by atoms with Gasteiger partial charge in [0.1, 0.15) is 0 Å². The van der Waals surface area contributed by atoms with Crippen molar-refractivity contribution in [1.29, 1.82) is 0 Å². The van der Waals surface area contributed by atoms with Crippen LogP contribution in [0.1, 0.15) is 71.0 Å². The van der Waals surface area contributed by atoms with Gasteiger partial charge in [0.15, 0.2) is 5.78 Å². The lowest BCUT2D eigenvalue weighted by atomic mass is 9.90. The molecule has 1 aromatic carbocycles. The molecule has 2 heterocycles. The van der Waals surface area contributed by atoms with Crippen molar-refractivity contribution in [2.75, 3.05) is 5.32 Å². The number of thiophene rings is 1. The Morgan fingerprint density at radius 3 is 2.79 bits per heavy atom. The molecule has 3 amide bonds. The summed E-state index contributed by atoms with van der Waals surface area (Å²) in [6.07, 6.45) is 1.74. The lowest BCUT2D eigenvalue weighted by molar-refractivity contribution is -0.124. The van der Waals surface area contributed by atoms with E-state index in [1.54, 1.807) is 11.0 Å². The van der Waals surface area contributed by atoms with Gasteiger partial charge >= 0.3 is 6.03 Å². The molecule has 1 aliphatic carbocycles. The lowest BCUT2D eigenvalue weighted by Gasteiger charge is -2.30. The van der Waals surface area contributed by atoms with E-state index < -0.39 is 0 Å². The summed E-state index contributed by atoms with van der Waals surface area (Å²) < 4.78 is 0. The number of carbonyl (C=O) groups excluding carboxylic acids is 3. The van der Waals surface area contributed by atoms with E-state index in [0.29, 0.717) is 41.5 Å². The summed E-state index contributed by atoms with van der Waals surface area (Å²) >= 11 is 7.71. The van der Waals surface area contributed by atoms with Gasteiger partial charge in [-0.2, -0.15) is 0 Å². The van der Waals surface area contributed by atoms with Crippen molar-refractivity contribution in [3.63, 3.8) is 0 Å². The summed E-state index contributed by atoms with van der Waals surface area (Å²) in [6.45, 7) is 10.8. The second-order valence-corrected chi connectivity index (χ2v) is 10.4. The van der Waals surface area contributed by atoms with Crippen molar-refractivity contribution in [3.05, 3.63) is 61.8 Å². The molecule has 4 rings (SSSR count). The Hall–Kier alpha value is -2.64. The Morgan fingerprint density at radius 1 is 1.33 bits per heavy atom. The molecule has 0 saturated heterocycles. The molecule has 2 aliphatic rings. The van der Waals surface area contributed by atoms with Crippen LogP contribution < -0.4 is 10.6 Å². The summed E-state index contributed by atoms with van der Waals surface area (Å²) in [5, 5.41) is 8.25. The molecule has 2 aromatic rings. The average Bonchev–Trinajstić information content (AvgIpc) is 3.29. The molecule has 1 aromatic heterocycles. The van der Waals surface area contributed by atoms with Crippen molar-refractivity contribution in [1.82, 2.24) is 10.2 Å². The topological polar surface area (TPSA) is 78.5 Å². The van der Waals surface area contributed by atoms with Crippen LogP contribution in [-0.4, -0.2) is 28.7 Å². The van der Waals surface area contributed by atoms with Gasteiger partial charge in [0.2, 0.25) is 0 Å². The summed E-state index contributed by atoms with van der Waals surface area (Å²) in [4.78, 5) is 40.3. The van der Waals surface area contributed by atoms with Crippen molar-refractivity contribution < 1.29 is 14.4 Å². The standard InChI is InChI=1S/C25H28ClN3O3S/c1-13(2)18-8-17(9-20(26)15(18)4)28-25(32)27-10-16-12-33-23-19(16)11-29(24(23)31)21-6-5-14(3)7-22(21)30/h8-9,12-13,21H,3,5-7,10-11H2,1-2,4H3,(H2,27,28,32). The number of nitrogens with zero attached hydrogens (tertiary/aromatic N) is 1. The molecule has 1 atom stereocenters. The van der Waals surface area contributed by atoms with Crippen LogP contribution in [0.15, 0.2) is 29.7 Å². The highest BCUT2D eigenvalue weighted by Gasteiger charge is 2.39. The minimum Gasteiger partial charge on any atom is -0.334 e. The summed E-state index contributed by atoms with van der Waals surface area (Å²) in [5.74, 6) is 0.258. The molecule has 0 spiro atoms. The molecule has 6 nitrogen and oxygen atoms in total. The van der Waals surface area contributed by atoms with Crippen LogP contribution in [-0.2, 0) is 17.9 Å². The van der Waals surface area contributed by atoms with E-state index >= 15 is 0 Å². The molecule has 2 N–H and O–H groups in total. The van der Waals surface area contributed by atoms with Crippen LogP contribution in [0.5, 0.6) is 0 Å². The number of ketones is 1. The Balaban J connectivity index is 1.40. The highest BCUT2D eigenvalue weighted by molar-refractivity contribution is 7.12. The molecule has 33 heavy (non-hydrogen) atoms. The first-order valence-electron chi connectivity index (χ1n) is 11.1. The van der Waals surface area contributed by atoms with Crippen LogP contribution in [0.25, 0.3) is 0 Å². The maximum Gasteiger partial charge on any atom is 0.319 e. The third-order valence-electron chi connectivity index (χ3n) is 6.41. The van der Waals surface area contributed by atoms with E-state index in [9.17, 15) is 14.4 Å². The van der Waals surface area contributed by atoms with E-state index in [1.807, 2.05) is 18.4 Å². The van der Waals surface area contributed by atoms with E-state index in [2.05, 4.69) is 31.1 Å². The zero-order valence-corrected chi connectivity index (χ0v) is 20.7. The molecule has 0 radical (unpaired) electrons. The van der Waals surface area contributed by atoms with Gasteiger partial charge in [-0.25, -0.2) is 4.79 Å². The average molecular weight is 486 g/mol. The number of fused-ring (bicyclic) bond motifs is 1. The van der Waals surface area contributed by atoms with Crippen LogP contribution in [0.4, 0.5) is 10.5 Å². The third-order valence-corrected chi connectivity index (χ3v) is 7.86. The Labute approximate surface area is 203 Å². The summed E-state index contributed by atoms with van der Waals surface area (Å²) in [5.41, 5.74) is 5.49. The smallest absolute Gasteiger partial charge is 0.319 e. The molecule has 1 fully saturated rings. The van der Waals surface area contributed by atoms with E-state index in [1.165, 1.54) is 11.3 Å². The summed E-state index contributed by atoms with van der Waals surface area (Å²) in [7, 11) is 0. The molecule has 1 saturated carbocycles. The molecule has 1 aliphatic heterocycles. The van der Waals surface area contributed by atoms with Crippen LogP contribution in [0.2, 0.25) is 5.02 Å². The van der Waals surface area contributed by atoms with Crippen LogP contribution in [0.3, 0.4) is 0 Å². The third kappa shape index (κ3) is 4.70. The van der Waals surface area contributed by atoms with Gasteiger partial charge in [0, 0.05) is 35.8 Å². The van der Waals surface area contributed by atoms with Crippen LogP contribution in [0, 0.1) is 6.92 Å². The number of rotatable bonds is 5. The zero-order chi connectivity index (χ0) is 23.9. The number of allylic oxidation sites excluding steroid dienone is 1. The monoisotopic (exact) mass is 485 g/mol. The number of carbonyl (C=O) groups is 3. The fourth-order valence-corrected chi connectivity index (χ4v) is 5.82. The number of benzene rings is 1. The summed E-state index contributed by atoms with van der Waals surface area (Å²) in [6, 6.07) is 2.97. The maximum absolute atomic E-state index is 12.9. The van der Waals surface area contributed by atoms with E-state index in [-0.39, 0.29) is 29.7 Å². The Morgan fingerprint density at radius 2 is 2.09 bits per heavy atom. The number of amides is 3. The van der Waals surface area contributed by atoms with Gasteiger partial charge in [-0.3, -0.25) is 9.59 Å². The normalized spacial score (nSPS) is 18.2. The minimum absolute atomic E-state index is 0.0614. The first-order valence-corrected chi connectivity index (χ1v) is 12.4. The highest BCUT2D eigenvalue weighted by atomic mass is 35.5. The second kappa shape index (κ2) is 9.31. The number of hydrogen-bond donors (Lipinski definition) is 2. The number of urea groups is 1. The Kier molecular flexibility index (Phi) is 6.64. The van der Waals surface area contributed by atoms with Gasteiger partial charge in [0.05, 0.1) is 10.9 Å². The SMILES string of the molecule is C=C1CCC(N2Cc3c(CNC(=O)Nc4cc(Cl)c(C)c(C(C)C)c4)csc3C2=O)C(=O)C1. The van der Waals surface area contributed by atoms with Gasteiger partial charge in [0.25, 0.3) is 5.91 Å². The van der Waals surface area contributed by atoms with E-state index in [0.717, 1.165) is 34.2 Å². The number of anilines is 1. The van der Waals surface area contributed by atoms with Crippen molar-refractivity contribution in [2.24, 2.45) is 0 Å². The zero-order valence-electron chi connectivity index (χ0n) is 19.1. The van der Waals surface area contributed by atoms with Crippen molar-refractivity contribution in [3.8, 4) is 0 Å². The lowest BCUT2D eigenvalue weighted by Crippen LogP contribution is -2.43. The predicted octanol–water partition coefficient (Wildman–Crippen LogP) is 5.79. The van der Waals surface area contributed by atoms with Gasteiger partial charge < -0.3 is 15.5 Å². The fourth-order valence-electron chi connectivity index (χ4n) is 4.55. The Bertz CT molecular complexity index is 1150. The minimum atomic E-state index is -0.381. The second-order valence-electron chi connectivity index (χ2n) is 9.08. The van der Waals surface area contributed by atoms with Crippen LogP contribution >= 0.6 is 22.9 Å². The highest BCUT2D eigenvalue weighted by Crippen LogP contribution is 2.36. The fraction of sp³-hybridized carbons (Fsp3) is 0.400. The van der Waals surface area contributed by atoms with E-state index in [4.69, 9.17) is 11.6 Å². The number of halogens is 1. The first-order chi connectivity index (χ1) is 15.7. The molecule has 174 valence electrons.